The third-order valence-corrected chi connectivity index (χ3v) is 11.3. The zero-order chi connectivity index (χ0) is 49.0. The van der Waals surface area contributed by atoms with Gasteiger partial charge < -0.3 is 30.6 Å². The van der Waals surface area contributed by atoms with E-state index in [1.54, 1.807) is 0 Å². The molecule has 0 aliphatic heterocycles. The smallest absolute Gasteiger partial charge is 0.869 e. The van der Waals surface area contributed by atoms with Crippen LogP contribution in [0.1, 0.15) is 199 Å². The Labute approximate surface area is 411 Å². The Balaban J connectivity index is 0.000000593. The first-order valence-corrected chi connectivity index (χ1v) is 24.6. The number of aliphatic imine (C=N–C) groups is 2. The maximum absolute atomic E-state index is 11.4. The monoisotopic (exact) mass is 965 g/mol. The average molecular weight is 966 g/mol. The Bertz CT molecular complexity index is 2030. The first kappa shape index (κ1) is 59.9. The van der Waals surface area contributed by atoms with E-state index in [1.807, 2.05) is 13.8 Å². The molecule has 0 aliphatic rings. The molecule has 4 aromatic carbocycles. The molecule has 0 unspecified atom stereocenters. The van der Waals surface area contributed by atoms with Gasteiger partial charge in [-0.15, -0.1) is 0 Å². The molecule has 0 amide bonds. The van der Waals surface area contributed by atoms with Gasteiger partial charge in [0.1, 0.15) is 11.5 Å². The van der Waals surface area contributed by atoms with Crippen molar-refractivity contribution in [1.82, 2.24) is 0 Å². The van der Waals surface area contributed by atoms with Crippen LogP contribution in [-0.4, -0.2) is 43.8 Å². The zero-order valence-corrected chi connectivity index (χ0v) is 42.5. The number of hydrogen-bond acceptors (Lipinski definition) is 8. The summed E-state index contributed by atoms with van der Waals surface area (Å²) in [4.78, 5) is 32.3. The molecule has 0 spiro atoms. The van der Waals surface area contributed by atoms with Crippen molar-refractivity contribution in [3.63, 3.8) is 0 Å². The average Bonchev–Trinajstić information content (AvgIpc) is 3.29. The van der Waals surface area contributed by atoms with Gasteiger partial charge in [0.25, 0.3) is 0 Å². The molecular formula is C56H78N2NiO8. The number of carboxylic acids is 2. The van der Waals surface area contributed by atoms with E-state index in [0.717, 1.165) is 88.4 Å². The number of carboxylic acid groups (broad SMARTS) is 2. The summed E-state index contributed by atoms with van der Waals surface area (Å²) in [7, 11) is 0. The topological polar surface area (TPSA) is 186 Å². The summed E-state index contributed by atoms with van der Waals surface area (Å²) in [5.41, 5.74) is 10.9. The first-order valence-electron chi connectivity index (χ1n) is 24.6. The van der Waals surface area contributed by atoms with Crippen molar-refractivity contribution in [2.75, 3.05) is 0 Å². The quantitative estimate of drug-likeness (QED) is 0.0373. The molecular weight excluding hydrogens is 887 g/mol. The van der Waals surface area contributed by atoms with Gasteiger partial charge in [-0.3, -0.25) is 9.98 Å². The molecule has 0 aromatic heterocycles. The molecule has 0 bridgehead atoms. The van der Waals surface area contributed by atoms with Gasteiger partial charge in [-0.1, -0.05) is 143 Å². The second kappa shape index (κ2) is 33.3. The number of unbranched alkanes of at least 4 members (excludes halogenated alkanes) is 4. The van der Waals surface area contributed by atoms with E-state index in [1.165, 1.54) is 96.5 Å². The summed E-state index contributed by atoms with van der Waals surface area (Å²) in [6.45, 7) is 17.6. The zero-order valence-electron chi connectivity index (χ0n) is 41.5. The number of nitrogens with zero attached hydrogens (tertiary/aromatic N) is 2. The minimum absolute atomic E-state index is 0. The first-order chi connectivity index (χ1) is 31.7. The van der Waals surface area contributed by atoms with E-state index in [2.05, 4.69) is 77.9 Å². The Morgan fingerprint density at radius 3 is 1.04 bits per heavy atom. The summed E-state index contributed by atoms with van der Waals surface area (Å²) in [6, 6.07) is 19.3. The fourth-order valence-electron chi connectivity index (χ4n) is 7.77. The largest absolute Gasteiger partial charge is 2.00 e. The van der Waals surface area contributed by atoms with E-state index in [0.29, 0.717) is 24.0 Å². The number of aryl methyl sites for hydroxylation is 6. The molecule has 370 valence electrons. The maximum Gasteiger partial charge on any atom is 2.00 e. The van der Waals surface area contributed by atoms with Crippen molar-refractivity contribution >= 4 is 34.7 Å². The molecule has 11 heteroatoms. The number of hydrogen-bond donors (Lipinski definition) is 4. The van der Waals surface area contributed by atoms with Gasteiger partial charge in [0.15, 0.2) is 0 Å². The fourth-order valence-corrected chi connectivity index (χ4v) is 7.77. The van der Waals surface area contributed by atoms with Gasteiger partial charge in [0.2, 0.25) is 0 Å². The van der Waals surface area contributed by atoms with Crippen LogP contribution in [0.4, 0.5) is 11.4 Å². The van der Waals surface area contributed by atoms with Crippen molar-refractivity contribution in [3.8, 4) is 23.0 Å². The summed E-state index contributed by atoms with van der Waals surface area (Å²) in [6.07, 6.45) is 20.5. The van der Waals surface area contributed by atoms with Crippen LogP contribution < -0.4 is 10.2 Å². The molecule has 0 saturated heterocycles. The Kier molecular flexibility index (Phi) is 29.8. The molecule has 10 nitrogen and oxygen atoms in total. The minimum atomic E-state index is -1.28. The maximum atomic E-state index is 11.4. The van der Waals surface area contributed by atoms with Gasteiger partial charge in [-0.05, 0) is 147 Å². The molecule has 0 atom stereocenters. The van der Waals surface area contributed by atoms with E-state index in [9.17, 15) is 19.8 Å². The van der Waals surface area contributed by atoms with Crippen molar-refractivity contribution in [1.29, 1.82) is 0 Å². The number of phenolic OH excluding ortho intramolecular Hbond substituents is 2. The number of carbonyl (C=O) groups is 2. The number of phenols is 2. The predicted molar refractivity (Wildman–Crippen MR) is 268 cm³/mol. The molecule has 0 heterocycles. The van der Waals surface area contributed by atoms with Crippen molar-refractivity contribution in [2.45, 2.75) is 184 Å². The van der Waals surface area contributed by atoms with E-state index < -0.39 is 34.9 Å². The standard InChI is InChI=1S/C34H52N2.2C11H14O4.Ni/c1-7-13-19-33(35-31-23-21-27(15-9-3)29(25-31)17-11-5)34(20-14-8-2)36-32-24-22-28(16-10-4)30(26-32)18-12-6;2*1-2-3-4-7-5-6-8(12)10(13)9(7)11(14)15;/h21-26H,7-20H2,1-6H3;2*5-6,12-13H,2-4H2,1H3,(H,14,15);/q;;;+2/p-2. The van der Waals surface area contributed by atoms with Crippen LogP contribution >= 0.6 is 0 Å². The van der Waals surface area contributed by atoms with Crippen LogP contribution in [0, 0.1) is 0 Å². The molecule has 4 aromatic rings. The molecule has 0 fully saturated rings. The van der Waals surface area contributed by atoms with Gasteiger partial charge in [0.05, 0.1) is 33.9 Å². The van der Waals surface area contributed by atoms with Crippen LogP contribution in [0.2, 0.25) is 0 Å². The van der Waals surface area contributed by atoms with Gasteiger partial charge in [0, 0.05) is 0 Å². The number of aromatic hydroxyl groups is 2. The van der Waals surface area contributed by atoms with Gasteiger partial charge in [-0.2, -0.15) is 0 Å². The van der Waals surface area contributed by atoms with Crippen LogP contribution in [0.15, 0.2) is 70.6 Å². The second-order valence-corrected chi connectivity index (χ2v) is 16.9. The Morgan fingerprint density at radius 1 is 0.433 bits per heavy atom. The number of rotatable bonds is 25. The summed E-state index contributed by atoms with van der Waals surface area (Å²) >= 11 is 0. The predicted octanol–water partition coefficient (Wildman–Crippen LogP) is 13.7. The van der Waals surface area contributed by atoms with Crippen LogP contribution in [0.5, 0.6) is 23.0 Å². The van der Waals surface area contributed by atoms with Crippen molar-refractivity contribution in [3.05, 3.63) is 105 Å². The van der Waals surface area contributed by atoms with Crippen molar-refractivity contribution < 1.29 is 56.7 Å². The fraction of sp³-hybridized carbons (Fsp3) is 0.500. The van der Waals surface area contributed by atoms with Crippen LogP contribution in [0.3, 0.4) is 0 Å². The normalized spacial score (nSPS) is 11.2. The third kappa shape index (κ3) is 19.9. The molecule has 4 N–H and O–H groups in total. The SMILES string of the molecule is CCCCC(=Nc1ccc(CCC)c(CCC)c1)C(CCCC)=Nc1ccc(CCC)c(CCC)c1.CCCCc1ccc(O)c([O-])c1C(=O)O.CCCCc1ccc(O)c([O-])c1C(=O)O.[Ni+2]. The molecule has 0 radical (unpaired) electrons. The molecule has 67 heavy (non-hydrogen) atoms. The number of benzene rings is 4. The van der Waals surface area contributed by atoms with Gasteiger partial charge >= 0.3 is 28.4 Å². The van der Waals surface area contributed by atoms with Crippen molar-refractivity contribution in [2.24, 2.45) is 9.98 Å². The molecule has 0 saturated carbocycles. The van der Waals surface area contributed by atoms with E-state index in [4.69, 9.17) is 30.4 Å². The van der Waals surface area contributed by atoms with E-state index >= 15 is 0 Å². The third-order valence-electron chi connectivity index (χ3n) is 11.3. The van der Waals surface area contributed by atoms with Gasteiger partial charge in [-0.25, -0.2) is 9.59 Å². The molecule has 4 rings (SSSR count). The Hall–Kier alpha value is -5.15. The van der Waals surface area contributed by atoms with E-state index in [-0.39, 0.29) is 27.6 Å². The Morgan fingerprint density at radius 2 is 0.746 bits per heavy atom. The summed E-state index contributed by atoms with van der Waals surface area (Å²) < 4.78 is 0. The minimum Gasteiger partial charge on any atom is -0.869 e. The summed E-state index contributed by atoms with van der Waals surface area (Å²) in [5.74, 6) is -5.16. The second-order valence-electron chi connectivity index (χ2n) is 16.9. The van der Waals surface area contributed by atoms with Crippen LogP contribution in [-0.2, 0) is 55.0 Å². The summed E-state index contributed by atoms with van der Waals surface area (Å²) in [5, 5.41) is 58.7. The number of aromatic carboxylic acids is 2. The molecule has 0 aliphatic carbocycles. The van der Waals surface area contributed by atoms with Crippen LogP contribution in [0.25, 0.3) is 0 Å².